The molecule has 1 aromatic carbocycles. The molecule has 0 radical (unpaired) electrons. The Hall–Kier alpha value is -1.88. The molecule has 0 saturated carbocycles. The van der Waals surface area contributed by atoms with Crippen molar-refractivity contribution in [1.82, 2.24) is 19.6 Å². The van der Waals surface area contributed by atoms with Crippen LogP contribution >= 0.6 is 23.6 Å². The second-order valence-corrected chi connectivity index (χ2v) is 8.49. The summed E-state index contributed by atoms with van der Waals surface area (Å²) in [6, 6.07) is 6.47. The maximum Gasteiger partial charge on any atom is 0.251 e. The van der Waals surface area contributed by atoms with Crippen LogP contribution < -0.4 is 5.32 Å². The summed E-state index contributed by atoms with van der Waals surface area (Å²) < 4.78 is 21.7. The molecule has 150 valence electrons. The molecule has 2 aromatic rings. The van der Waals surface area contributed by atoms with E-state index in [9.17, 15) is 9.18 Å². The summed E-state index contributed by atoms with van der Waals surface area (Å²) in [5, 5.41) is 8.01. The largest absolute Gasteiger partial charge is 0.368 e. The van der Waals surface area contributed by atoms with Gasteiger partial charge >= 0.3 is 0 Å². The molecule has 0 spiro atoms. The molecular weight excluding hydrogens is 401 g/mol. The Morgan fingerprint density at radius 3 is 2.82 bits per heavy atom. The lowest BCUT2D eigenvalue weighted by molar-refractivity contribution is -0.142. The number of anilines is 2. The van der Waals surface area contributed by atoms with E-state index in [-0.39, 0.29) is 17.8 Å². The Morgan fingerprint density at radius 1 is 1.32 bits per heavy atom. The van der Waals surface area contributed by atoms with E-state index in [1.807, 2.05) is 4.90 Å². The van der Waals surface area contributed by atoms with Crippen molar-refractivity contribution in [2.75, 3.05) is 38.1 Å². The summed E-state index contributed by atoms with van der Waals surface area (Å²) in [7, 11) is 0. The molecule has 10 heteroatoms. The van der Waals surface area contributed by atoms with Gasteiger partial charge in [0, 0.05) is 32.8 Å². The highest BCUT2D eigenvalue weighted by atomic mass is 32.1. The number of benzene rings is 1. The van der Waals surface area contributed by atoms with Crippen LogP contribution in [0.5, 0.6) is 0 Å². The van der Waals surface area contributed by atoms with Gasteiger partial charge in [-0.3, -0.25) is 9.69 Å². The van der Waals surface area contributed by atoms with Crippen LogP contribution in [0.3, 0.4) is 0 Å². The van der Waals surface area contributed by atoms with Crippen LogP contribution in [0.25, 0.3) is 0 Å². The van der Waals surface area contributed by atoms with Crippen molar-refractivity contribution in [3.05, 3.63) is 34.0 Å². The van der Waals surface area contributed by atoms with Crippen LogP contribution in [0.2, 0.25) is 0 Å². The van der Waals surface area contributed by atoms with Gasteiger partial charge in [-0.15, -0.1) is 5.10 Å². The van der Waals surface area contributed by atoms with E-state index in [1.54, 1.807) is 22.9 Å². The number of nitrogens with one attached hydrogen (secondary N) is 1. The van der Waals surface area contributed by atoms with Gasteiger partial charge in [-0.25, -0.2) is 9.07 Å². The van der Waals surface area contributed by atoms with E-state index >= 15 is 0 Å². The first-order chi connectivity index (χ1) is 13.6. The maximum atomic E-state index is 13.8. The highest BCUT2D eigenvalue weighted by Crippen LogP contribution is 2.23. The van der Waals surface area contributed by atoms with Crippen LogP contribution in [0.15, 0.2) is 24.3 Å². The SMILES string of the molecule is O=C([C@H]1CCCO1)N1CCN(Cn2nc(Nc3ccccc3F)sc2=S)CC1. The first-order valence-corrected chi connectivity index (χ1v) is 10.5. The molecule has 28 heavy (non-hydrogen) atoms. The molecule has 1 atom stereocenters. The molecule has 2 aliphatic rings. The second kappa shape index (κ2) is 8.64. The van der Waals surface area contributed by atoms with E-state index in [0.717, 1.165) is 25.9 Å². The molecular formula is C18H22FN5O2S2. The molecule has 1 N–H and O–H groups in total. The van der Waals surface area contributed by atoms with Crippen molar-refractivity contribution in [2.45, 2.75) is 25.6 Å². The fourth-order valence-electron chi connectivity index (χ4n) is 3.40. The quantitative estimate of drug-likeness (QED) is 0.747. The zero-order valence-electron chi connectivity index (χ0n) is 15.3. The lowest BCUT2D eigenvalue weighted by Crippen LogP contribution is -2.51. The Morgan fingerprint density at radius 2 is 2.11 bits per heavy atom. The third kappa shape index (κ3) is 4.40. The van der Waals surface area contributed by atoms with Crippen molar-refractivity contribution in [1.29, 1.82) is 0 Å². The number of halogens is 1. The predicted octanol–water partition coefficient (Wildman–Crippen LogP) is 2.84. The molecule has 7 nitrogen and oxygen atoms in total. The van der Waals surface area contributed by atoms with Crippen molar-refractivity contribution < 1.29 is 13.9 Å². The van der Waals surface area contributed by atoms with Gasteiger partial charge in [-0.2, -0.15) is 0 Å². The summed E-state index contributed by atoms with van der Waals surface area (Å²) in [6.07, 6.45) is 1.53. The molecule has 1 amide bonds. The number of carbonyl (C=O) groups is 1. The molecule has 2 fully saturated rings. The summed E-state index contributed by atoms with van der Waals surface area (Å²) in [4.78, 5) is 16.5. The molecule has 3 heterocycles. The summed E-state index contributed by atoms with van der Waals surface area (Å²) in [5.74, 6) is -0.221. The number of carbonyl (C=O) groups excluding carboxylic acids is 1. The number of hydrogen-bond donors (Lipinski definition) is 1. The fourth-order valence-corrected chi connectivity index (χ4v) is 4.40. The van der Waals surface area contributed by atoms with Crippen LogP contribution in [0, 0.1) is 9.77 Å². The van der Waals surface area contributed by atoms with Crippen LogP contribution in [-0.2, 0) is 16.2 Å². The third-order valence-electron chi connectivity index (χ3n) is 4.94. The van der Waals surface area contributed by atoms with E-state index in [0.29, 0.717) is 41.1 Å². The first kappa shape index (κ1) is 19.4. The zero-order chi connectivity index (χ0) is 19.5. The van der Waals surface area contributed by atoms with Gasteiger partial charge < -0.3 is 15.0 Å². The lowest BCUT2D eigenvalue weighted by Gasteiger charge is -2.35. The van der Waals surface area contributed by atoms with E-state index in [4.69, 9.17) is 17.0 Å². The Balaban J connectivity index is 1.33. The summed E-state index contributed by atoms with van der Waals surface area (Å²) >= 11 is 6.72. The Labute approximate surface area is 171 Å². The monoisotopic (exact) mass is 423 g/mol. The van der Waals surface area contributed by atoms with Crippen molar-refractivity contribution in [3.63, 3.8) is 0 Å². The normalized spacial score (nSPS) is 20.5. The smallest absolute Gasteiger partial charge is 0.251 e. The van der Waals surface area contributed by atoms with E-state index in [2.05, 4.69) is 15.3 Å². The van der Waals surface area contributed by atoms with Crippen molar-refractivity contribution >= 4 is 40.3 Å². The van der Waals surface area contributed by atoms with E-state index in [1.165, 1.54) is 17.4 Å². The Kier molecular flexibility index (Phi) is 6.00. The highest BCUT2D eigenvalue weighted by molar-refractivity contribution is 7.73. The number of piperazine rings is 1. The zero-order valence-corrected chi connectivity index (χ0v) is 17.0. The third-order valence-corrected chi connectivity index (χ3v) is 6.17. The van der Waals surface area contributed by atoms with Crippen LogP contribution in [-0.4, -0.2) is 64.4 Å². The number of hydrogen-bond acceptors (Lipinski definition) is 7. The lowest BCUT2D eigenvalue weighted by atomic mass is 10.2. The minimum atomic E-state index is -0.331. The van der Waals surface area contributed by atoms with Gasteiger partial charge in [-0.05, 0) is 37.2 Å². The van der Waals surface area contributed by atoms with Crippen LogP contribution in [0.1, 0.15) is 12.8 Å². The van der Waals surface area contributed by atoms with Gasteiger partial charge in [0.25, 0.3) is 5.91 Å². The first-order valence-electron chi connectivity index (χ1n) is 9.32. The topological polar surface area (TPSA) is 62.6 Å². The standard InChI is InChI=1S/C18H22FN5O2S2/c19-13-4-1-2-5-14(13)20-17-21-24(18(27)28-17)12-22-7-9-23(10-8-22)16(25)15-6-3-11-26-15/h1-2,4-5,15H,3,6-12H2,(H,20,21)/t15-/m1/s1. The fraction of sp³-hybridized carbons (Fsp3) is 0.500. The number of aromatic nitrogens is 2. The van der Waals surface area contributed by atoms with Crippen molar-refractivity contribution in [2.24, 2.45) is 0 Å². The minimum Gasteiger partial charge on any atom is -0.368 e. The number of ether oxygens (including phenoxy) is 1. The van der Waals surface area contributed by atoms with Gasteiger partial charge in [0.1, 0.15) is 11.9 Å². The molecule has 2 aliphatic heterocycles. The highest BCUT2D eigenvalue weighted by Gasteiger charge is 2.30. The molecule has 0 bridgehead atoms. The van der Waals surface area contributed by atoms with Gasteiger partial charge in [0.2, 0.25) is 5.13 Å². The molecule has 1 aromatic heterocycles. The van der Waals surface area contributed by atoms with Gasteiger partial charge in [0.05, 0.1) is 12.4 Å². The molecule has 0 unspecified atom stereocenters. The predicted molar refractivity (Wildman–Crippen MR) is 108 cm³/mol. The average molecular weight is 424 g/mol. The maximum absolute atomic E-state index is 13.8. The summed E-state index contributed by atoms with van der Waals surface area (Å²) in [6.45, 7) is 4.10. The van der Waals surface area contributed by atoms with Gasteiger partial charge in [-0.1, -0.05) is 23.5 Å². The minimum absolute atomic E-state index is 0.110. The number of para-hydroxylation sites is 1. The average Bonchev–Trinajstić information content (AvgIpc) is 3.34. The van der Waals surface area contributed by atoms with Crippen LogP contribution in [0.4, 0.5) is 15.2 Å². The van der Waals surface area contributed by atoms with Gasteiger partial charge in [0.15, 0.2) is 3.95 Å². The number of nitrogens with zero attached hydrogens (tertiary/aromatic N) is 4. The molecule has 0 aliphatic carbocycles. The molecule has 4 rings (SSSR count). The summed E-state index contributed by atoms with van der Waals surface area (Å²) in [5.41, 5.74) is 0.375. The van der Waals surface area contributed by atoms with Crippen molar-refractivity contribution in [3.8, 4) is 0 Å². The Bertz CT molecular complexity index is 888. The number of rotatable bonds is 5. The molecule has 2 saturated heterocycles. The second-order valence-electron chi connectivity index (χ2n) is 6.86. The van der Waals surface area contributed by atoms with E-state index < -0.39 is 0 Å². The number of amides is 1.